The summed E-state index contributed by atoms with van der Waals surface area (Å²) in [5.74, 6) is -0.131. The maximum atomic E-state index is 11.5. The molecule has 0 saturated heterocycles. The molecule has 0 radical (unpaired) electrons. The Balaban J connectivity index is 2.65. The Morgan fingerprint density at radius 3 is 2.82 bits per heavy atom. The average molecular weight is 231 g/mol. The molecule has 0 atom stereocenters. The summed E-state index contributed by atoms with van der Waals surface area (Å²) < 4.78 is 1.60. The van der Waals surface area contributed by atoms with Crippen molar-refractivity contribution >= 4 is 17.5 Å². The van der Waals surface area contributed by atoms with Gasteiger partial charge in [-0.2, -0.15) is 5.10 Å². The fraction of sp³-hybridized carbons (Fsp3) is 0.273. The summed E-state index contributed by atoms with van der Waals surface area (Å²) in [7, 11) is 3.80. The third kappa shape index (κ3) is 2.15. The molecule has 0 fully saturated rings. The van der Waals surface area contributed by atoms with Gasteiger partial charge in [0.2, 0.25) is 0 Å². The topological polar surface area (TPSA) is 63.4 Å². The van der Waals surface area contributed by atoms with Crippen molar-refractivity contribution in [2.24, 2.45) is 0 Å². The summed E-state index contributed by atoms with van der Waals surface area (Å²) in [5.41, 5.74) is 1.58. The second kappa shape index (κ2) is 4.32. The fourth-order valence-electron chi connectivity index (χ4n) is 1.43. The Morgan fingerprint density at radius 1 is 1.41 bits per heavy atom. The minimum Gasteiger partial charge on any atom is -0.383 e. The summed E-state index contributed by atoms with van der Waals surface area (Å²) in [6.07, 6.45) is 5.26. The molecule has 2 aromatic heterocycles. The van der Waals surface area contributed by atoms with Crippen LogP contribution in [-0.2, 0) is 0 Å². The van der Waals surface area contributed by atoms with E-state index in [4.69, 9.17) is 0 Å². The van der Waals surface area contributed by atoms with Gasteiger partial charge < -0.3 is 4.90 Å². The molecule has 6 nitrogen and oxygen atoms in total. The largest absolute Gasteiger partial charge is 0.383 e. The standard InChI is InChI=1S/C11H13N5O/c1-8(17)11-9(5-7-15(2)3)16-10(13-14-11)4-6-12-16/h4-7H,1-3H3. The Morgan fingerprint density at radius 2 is 2.18 bits per heavy atom. The lowest BCUT2D eigenvalue weighted by Crippen LogP contribution is -2.10. The number of hydrogen-bond donors (Lipinski definition) is 0. The number of carbonyl (C=O) groups is 1. The van der Waals surface area contributed by atoms with Crippen molar-refractivity contribution < 1.29 is 4.79 Å². The molecule has 0 amide bonds. The molecule has 2 heterocycles. The van der Waals surface area contributed by atoms with Crippen LogP contribution in [0.4, 0.5) is 0 Å². The molecular weight excluding hydrogens is 218 g/mol. The number of ketones is 1. The highest BCUT2D eigenvalue weighted by atomic mass is 16.1. The van der Waals surface area contributed by atoms with Crippen LogP contribution in [0, 0.1) is 0 Å². The highest BCUT2D eigenvalue weighted by Gasteiger charge is 2.12. The first-order valence-electron chi connectivity index (χ1n) is 5.15. The van der Waals surface area contributed by atoms with Gasteiger partial charge in [-0.1, -0.05) is 0 Å². The summed E-state index contributed by atoms with van der Waals surface area (Å²) in [5, 5.41) is 12.0. The lowest BCUT2D eigenvalue weighted by atomic mass is 10.2. The van der Waals surface area contributed by atoms with Crippen molar-refractivity contribution in [2.75, 3.05) is 14.1 Å². The van der Waals surface area contributed by atoms with E-state index < -0.39 is 0 Å². The normalized spacial score (nSPS) is 11.2. The van der Waals surface area contributed by atoms with E-state index in [1.807, 2.05) is 25.2 Å². The van der Waals surface area contributed by atoms with E-state index in [2.05, 4.69) is 15.3 Å². The summed E-state index contributed by atoms with van der Waals surface area (Å²) in [6, 6.07) is 1.74. The molecule has 0 aliphatic rings. The van der Waals surface area contributed by atoms with Crippen molar-refractivity contribution in [2.45, 2.75) is 6.92 Å². The SMILES string of the molecule is CC(=O)c1nnc2ccnn2c1C=CN(C)C. The van der Waals surface area contributed by atoms with Crippen LogP contribution < -0.4 is 0 Å². The molecule has 88 valence electrons. The number of nitrogens with zero attached hydrogens (tertiary/aromatic N) is 5. The monoisotopic (exact) mass is 231 g/mol. The smallest absolute Gasteiger partial charge is 0.182 e. The summed E-state index contributed by atoms with van der Waals surface area (Å²) in [6.45, 7) is 1.46. The number of aromatic nitrogens is 4. The lowest BCUT2D eigenvalue weighted by Gasteiger charge is -2.06. The van der Waals surface area contributed by atoms with Crippen LogP contribution in [0.5, 0.6) is 0 Å². The minimum absolute atomic E-state index is 0.131. The van der Waals surface area contributed by atoms with E-state index in [1.54, 1.807) is 22.9 Å². The quantitative estimate of drug-likeness (QED) is 0.733. The second-order valence-electron chi connectivity index (χ2n) is 3.87. The summed E-state index contributed by atoms with van der Waals surface area (Å²) in [4.78, 5) is 13.4. The summed E-state index contributed by atoms with van der Waals surface area (Å²) >= 11 is 0. The molecule has 0 aliphatic carbocycles. The molecule has 0 aromatic carbocycles. The molecule has 6 heteroatoms. The Labute approximate surface area is 98.6 Å². The van der Waals surface area contributed by atoms with Gasteiger partial charge >= 0.3 is 0 Å². The van der Waals surface area contributed by atoms with Crippen molar-refractivity contribution in [3.8, 4) is 0 Å². The first-order chi connectivity index (χ1) is 8.09. The van der Waals surface area contributed by atoms with E-state index in [1.165, 1.54) is 6.92 Å². The van der Waals surface area contributed by atoms with Crippen LogP contribution in [-0.4, -0.2) is 44.6 Å². The van der Waals surface area contributed by atoms with Crippen molar-refractivity contribution in [1.29, 1.82) is 0 Å². The first-order valence-corrected chi connectivity index (χ1v) is 5.15. The van der Waals surface area contributed by atoms with Gasteiger partial charge in [0, 0.05) is 33.3 Å². The maximum Gasteiger partial charge on any atom is 0.182 e. The molecule has 0 spiro atoms. The van der Waals surface area contributed by atoms with Crippen LogP contribution in [0.2, 0.25) is 0 Å². The molecule has 0 saturated carbocycles. The van der Waals surface area contributed by atoms with Crippen LogP contribution in [0.15, 0.2) is 18.5 Å². The van der Waals surface area contributed by atoms with Gasteiger partial charge in [0.25, 0.3) is 0 Å². The number of fused-ring (bicyclic) bond motifs is 1. The van der Waals surface area contributed by atoms with Crippen LogP contribution in [0.3, 0.4) is 0 Å². The van der Waals surface area contributed by atoms with Gasteiger partial charge in [0.05, 0.1) is 11.9 Å². The highest BCUT2D eigenvalue weighted by molar-refractivity contribution is 5.95. The minimum atomic E-state index is -0.131. The Hall–Kier alpha value is -2.24. The molecule has 17 heavy (non-hydrogen) atoms. The van der Waals surface area contributed by atoms with Crippen LogP contribution in [0.1, 0.15) is 23.1 Å². The molecule has 2 rings (SSSR count). The van der Waals surface area contributed by atoms with Gasteiger partial charge in [-0.15, -0.1) is 10.2 Å². The second-order valence-corrected chi connectivity index (χ2v) is 3.87. The molecule has 2 aromatic rings. The highest BCUT2D eigenvalue weighted by Crippen LogP contribution is 2.10. The molecule has 0 aliphatic heterocycles. The van der Waals surface area contributed by atoms with E-state index in [-0.39, 0.29) is 5.78 Å². The lowest BCUT2D eigenvalue weighted by molar-refractivity contribution is 0.101. The van der Waals surface area contributed by atoms with Gasteiger partial charge in [-0.25, -0.2) is 4.52 Å². The predicted molar refractivity (Wildman–Crippen MR) is 63.5 cm³/mol. The number of rotatable bonds is 3. The molecule has 0 N–H and O–H groups in total. The van der Waals surface area contributed by atoms with E-state index in [0.29, 0.717) is 17.0 Å². The average Bonchev–Trinajstić information content (AvgIpc) is 2.73. The maximum absolute atomic E-state index is 11.5. The zero-order valence-electron chi connectivity index (χ0n) is 9.95. The molecular formula is C11H13N5O. The third-order valence-corrected chi connectivity index (χ3v) is 2.21. The fourth-order valence-corrected chi connectivity index (χ4v) is 1.43. The van der Waals surface area contributed by atoms with Gasteiger partial charge in [-0.3, -0.25) is 4.79 Å². The molecule has 0 unspecified atom stereocenters. The van der Waals surface area contributed by atoms with Crippen molar-refractivity contribution in [3.63, 3.8) is 0 Å². The van der Waals surface area contributed by atoms with Crippen LogP contribution in [0.25, 0.3) is 11.7 Å². The van der Waals surface area contributed by atoms with Crippen LogP contribution >= 0.6 is 0 Å². The Bertz CT molecular complexity index is 585. The van der Waals surface area contributed by atoms with Gasteiger partial charge in [-0.05, 0) is 6.08 Å². The third-order valence-electron chi connectivity index (χ3n) is 2.21. The van der Waals surface area contributed by atoms with Crippen molar-refractivity contribution in [1.82, 2.24) is 24.7 Å². The van der Waals surface area contributed by atoms with E-state index in [9.17, 15) is 4.79 Å². The van der Waals surface area contributed by atoms with Gasteiger partial charge in [0.15, 0.2) is 17.1 Å². The number of hydrogen-bond acceptors (Lipinski definition) is 5. The van der Waals surface area contributed by atoms with Gasteiger partial charge in [0.1, 0.15) is 0 Å². The molecule has 0 bridgehead atoms. The number of carbonyl (C=O) groups excluding carboxylic acids is 1. The van der Waals surface area contributed by atoms with Crippen molar-refractivity contribution in [3.05, 3.63) is 29.9 Å². The predicted octanol–water partition coefficient (Wildman–Crippen LogP) is 0.859. The Kier molecular flexibility index (Phi) is 2.86. The van der Waals surface area contributed by atoms with E-state index >= 15 is 0 Å². The zero-order valence-corrected chi connectivity index (χ0v) is 9.95. The van der Waals surface area contributed by atoms with E-state index in [0.717, 1.165) is 0 Å². The number of Topliss-reactive ketones (excluding diaryl/α,β-unsaturated/α-hetero) is 1. The zero-order chi connectivity index (χ0) is 12.4. The first kappa shape index (κ1) is 11.3.